The van der Waals surface area contributed by atoms with Gasteiger partial charge in [0.1, 0.15) is 5.82 Å². The number of benzene rings is 1. The van der Waals surface area contributed by atoms with E-state index in [0.717, 1.165) is 31.4 Å². The lowest BCUT2D eigenvalue weighted by Crippen LogP contribution is -2.44. The highest BCUT2D eigenvalue weighted by atomic mass is 32.2. The molecule has 3 rings (SSSR count). The number of carbonyl (C=O) groups is 1. The molecule has 1 fully saturated rings. The Bertz CT molecular complexity index is 731. The molecule has 1 atom stereocenters. The van der Waals surface area contributed by atoms with Gasteiger partial charge in [0, 0.05) is 25.2 Å². The molecule has 0 saturated carbocycles. The normalized spacial score (nSPS) is 17.7. The van der Waals surface area contributed by atoms with Crippen LogP contribution in [0.1, 0.15) is 32.6 Å². The van der Waals surface area contributed by atoms with Crippen LogP contribution in [-0.2, 0) is 11.8 Å². The van der Waals surface area contributed by atoms with Gasteiger partial charge in [-0.2, -0.15) is 0 Å². The topological polar surface area (TPSA) is 51.0 Å². The summed E-state index contributed by atoms with van der Waals surface area (Å²) >= 11 is 1.40. The molecule has 1 saturated heterocycles. The molecule has 134 valence electrons. The number of hydrogen-bond donors (Lipinski definition) is 0. The van der Waals surface area contributed by atoms with Crippen LogP contribution in [0.4, 0.5) is 4.39 Å². The minimum absolute atomic E-state index is 0.169. The molecule has 1 aliphatic rings. The van der Waals surface area contributed by atoms with E-state index in [0.29, 0.717) is 22.8 Å². The lowest BCUT2D eigenvalue weighted by atomic mass is 10.0. The summed E-state index contributed by atoms with van der Waals surface area (Å²) < 4.78 is 14.9. The average Bonchev–Trinajstić information content (AvgIpc) is 3.01. The molecule has 0 N–H and O–H groups in total. The van der Waals surface area contributed by atoms with E-state index in [4.69, 9.17) is 0 Å². The molecule has 1 aliphatic heterocycles. The predicted molar refractivity (Wildman–Crippen MR) is 96.8 cm³/mol. The van der Waals surface area contributed by atoms with E-state index in [1.807, 2.05) is 16.5 Å². The van der Waals surface area contributed by atoms with Crippen LogP contribution in [-0.4, -0.2) is 43.9 Å². The zero-order valence-corrected chi connectivity index (χ0v) is 15.4. The van der Waals surface area contributed by atoms with Crippen molar-refractivity contribution in [2.24, 2.45) is 7.05 Å². The number of thioether (sulfide) groups is 1. The Morgan fingerprint density at radius 3 is 2.76 bits per heavy atom. The molecular weight excluding hydrogens is 339 g/mol. The van der Waals surface area contributed by atoms with Crippen LogP contribution in [0, 0.1) is 5.82 Å². The second-order valence-electron chi connectivity index (χ2n) is 6.31. The fraction of sp³-hybridized carbons (Fsp3) is 0.500. The number of hydrogen-bond acceptors (Lipinski definition) is 4. The lowest BCUT2D eigenvalue weighted by Gasteiger charge is -2.35. The van der Waals surface area contributed by atoms with Gasteiger partial charge in [-0.15, -0.1) is 10.2 Å². The van der Waals surface area contributed by atoms with Crippen molar-refractivity contribution >= 4 is 17.7 Å². The van der Waals surface area contributed by atoms with Crippen molar-refractivity contribution in [2.75, 3.05) is 12.3 Å². The standard InChI is InChI=1S/C18H23FN4OS/c1-3-15-6-4-5-11-23(15)16(24)12-25-18-21-20-17(22(18)2)13-7-9-14(19)10-8-13/h7-10,15H,3-6,11-12H2,1-2H3/t15-/m1/s1. The molecule has 1 aromatic heterocycles. The van der Waals surface area contributed by atoms with E-state index in [2.05, 4.69) is 17.1 Å². The Morgan fingerprint density at radius 1 is 1.28 bits per heavy atom. The molecule has 7 heteroatoms. The van der Waals surface area contributed by atoms with Crippen molar-refractivity contribution in [1.82, 2.24) is 19.7 Å². The first-order chi connectivity index (χ1) is 12.1. The van der Waals surface area contributed by atoms with Crippen LogP contribution in [0.5, 0.6) is 0 Å². The second kappa shape index (κ2) is 7.99. The third kappa shape index (κ3) is 4.03. The Morgan fingerprint density at radius 2 is 2.04 bits per heavy atom. The van der Waals surface area contributed by atoms with E-state index in [9.17, 15) is 9.18 Å². The number of aromatic nitrogens is 3. The highest BCUT2D eigenvalue weighted by Gasteiger charge is 2.25. The van der Waals surface area contributed by atoms with E-state index in [1.54, 1.807) is 12.1 Å². The molecule has 2 heterocycles. The molecule has 1 amide bonds. The van der Waals surface area contributed by atoms with Gasteiger partial charge in [-0.05, 0) is 49.9 Å². The maximum Gasteiger partial charge on any atom is 0.233 e. The number of carbonyl (C=O) groups excluding carboxylic acids is 1. The van der Waals surface area contributed by atoms with Gasteiger partial charge in [0.15, 0.2) is 11.0 Å². The number of rotatable bonds is 5. The van der Waals surface area contributed by atoms with Crippen LogP contribution >= 0.6 is 11.8 Å². The minimum Gasteiger partial charge on any atom is -0.339 e. The highest BCUT2D eigenvalue weighted by molar-refractivity contribution is 7.99. The van der Waals surface area contributed by atoms with Gasteiger partial charge >= 0.3 is 0 Å². The van der Waals surface area contributed by atoms with Crippen LogP contribution in [0.2, 0.25) is 0 Å². The maximum atomic E-state index is 13.1. The molecular formula is C18H23FN4OS. The lowest BCUT2D eigenvalue weighted by molar-refractivity contribution is -0.132. The largest absolute Gasteiger partial charge is 0.339 e. The molecule has 2 aromatic rings. The molecule has 25 heavy (non-hydrogen) atoms. The molecule has 1 aromatic carbocycles. The van der Waals surface area contributed by atoms with E-state index < -0.39 is 0 Å². The first-order valence-corrected chi connectivity index (χ1v) is 9.66. The van der Waals surface area contributed by atoms with Crippen molar-refractivity contribution in [3.63, 3.8) is 0 Å². The molecule has 5 nitrogen and oxygen atoms in total. The van der Waals surface area contributed by atoms with Crippen LogP contribution < -0.4 is 0 Å². The summed E-state index contributed by atoms with van der Waals surface area (Å²) in [6.07, 6.45) is 4.41. The zero-order chi connectivity index (χ0) is 17.8. The summed E-state index contributed by atoms with van der Waals surface area (Å²) in [5.74, 6) is 0.923. The third-order valence-corrected chi connectivity index (χ3v) is 5.69. The summed E-state index contributed by atoms with van der Waals surface area (Å²) in [5.41, 5.74) is 0.802. The van der Waals surface area contributed by atoms with Crippen molar-refractivity contribution in [2.45, 2.75) is 43.8 Å². The van der Waals surface area contributed by atoms with Gasteiger partial charge in [-0.3, -0.25) is 4.79 Å². The summed E-state index contributed by atoms with van der Waals surface area (Å²) in [6.45, 7) is 3.00. The van der Waals surface area contributed by atoms with Gasteiger partial charge in [-0.25, -0.2) is 4.39 Å². The fourth-order valence-corrected chi connectivity index (χ4v) is 4.05. The summed E-state index contributed by atoms with van der Waals surface area (Å²) in [5, 5.41) is 9.06. The number of halogens is 1. The Hall–Kier alpha value is -1.89. The first kappa shape index (κ1) is 17.9. The Balaban J connectivity index is 1.65. The predicted octanol–water partition coefficient (Wildman–Crippen LogP) is 3.50. The van der Waals surface area contributed by atoms with Crippen molar-refractivity contribution in [3.8, 4) is 11.4 Å². The zero-order valence-electron chi connectivity index (χ0n) is 14.6. The quantitative estimate of drug-likeness (QED) is 0.764. The third-order valence-electron chi connectivity index (χ3n) is 4.68. The maximum absolute atomic E-state index is 13.1. The van der Waals surface area contributed by atoms with E-state index in [-0.39, 0.29) is 11.7 Å². The number of nitrogens with zero attached hydrogens (tertiary/aromatic N) is 4. The average molecular weight is 362 g/mol. The van der Waals surface area contributed by atoms with Gasteiger partial charge < -0.3 is 9.47 Å². The van der Waals surface area contributed by atoms with Crippen LogP contribution in [0.25, 0.3) is 11.4 Å². The van der Waals surface area contributed by atoms with Crippen molar-refractivity contribution in [1.29, 1.82) is 0 Å². The van der Waals surface area contributed by atoms with Gasteiger partial charge in [0.2, 0.25) is 5.91 Å². The first-order valence-electron chi connectivity index (χ1n) is 8.67. The molecule has 0 spiro atoms. The van der Waals surface area contributed by atoms with Crippen LogP contribution in [0.3, 0.4) is 0 Å². The summed E-state index contributed by atoms with van der Waals surface area (Å²) in [6, 6.07) is 6.54. The van der Waals surface area contributed by atoms with Gasteiger partial charge in [0.05, 0.1) is 5.75 Å². The molecule has 0 radical (unpaired) electrons. The second-order valence-corrected chi connectivity index (χ2v) is 7.25. The van der Waals surface area contributed by atoms with Crippen molar-refractivity contribution in [3.05, 3.63) is 30.1 Å². The SMILES string of the molecule is CC[C@@H]1CCCCN1C(=O)CSc1nnc(-c2ccc(F)cc2)n1C. The minimum atomic E-state index is -0.280. The highest BCUT2D eigenvalue weighted by Crippen LogP contribution is 2.25. The van der Waals surface area contributed by atoms with Crippen molar-refractivity contribution < 1.29 is 9.18 Å². The van der Waals surface area contributed by atoms with Gasteiger partial charge in [0.25, 0.3) is 0 Å². The Kier molecular flexibility index (Phi) is 5.73. The number of amides is 1. The fourth-order valence-electron chi connectivity index (χ4n) is 3.25. The smallest absolute Gasteiger partial charge is 0.233 e. The molecule has 0 unspecified atom stereocenters. The monoisotopic (exact) mass is 362 g/mol. The van der Waals surface area contributed by atoms with Gasteiger partial charge in [-0.1, -0.05) is 18.7 Å². The summed E-state index contributed by atoms with van der Waals surface area (Å²) in [4.78, 5) is 14.6. The van der Waals surface area contributed by atoms with Crippen LogP contribution in [0.15, 0.2) is 29.4 Å². The van der Waals surface area contributed by atoms with E-state index in [1.165, 1.54) is 30.3 Å². The van der Waals surface area contributed by atoms with E-state index >= 15 is 0 Å². The molecule has 0 bridgehead atoms. The number of likely N-dealkylation sites (tertiary alicyclic amines) is 1. The molecule has 0 aliphatic carbocycles. The summed E-state index contributed by atoms with van der Waals surface area (Å²) in [7, 11) is 1.86. The number of piperidine rings is 1. The Labute approximate surface area is 151 Å².